The SMILES string of the molecule is Cc1ccc(C[C@H]2C(=O)N(CC3CCCO3)C=CN2c2ccc(C(=O)O)cc2[N+](=O)[O-])cc1. The van der Waals surface area contributed by atoms with Crippen LogP contribution in [0.2, 0.25) is 0 Å². The molecule has 1 N–H and O–H groups in total. The second-order valence-corrected chi connectivity index (χ2v) is 8.30. The molecular formula is C24H25N3O6. The highest BCUT2D eigenvalue weighted by Gasteiger charge is 2.36. The van der Waals surface area contributed by atoms with Gasteiger partial charge in [-0.3, -0.25) is 14.9 Å². The molecule has 0 radical (unpaired) electrons. The molecule has 9 nitrogen and oxygen atoms in total. The van der Waals surface area contributed by atoms with Crippen LogP contribution in [0.5, 0.6) is 0 Å². The van der Waals surface area contributed by atoms with Gasteiger partial charge in [0, 0.05) is 31.5 Å². The Balaban J connectivity index is 1.72. The van der Waals surface area contributed by atoms with Crippen molar-refractivity contribution in [3.8, 4) is 0 Å². The molecule has 9 heteroatoms. The highest BCUT2D eigenvalue weighted by atomic mass is 16.6. The van der Waals surface area contributed by atoms with Gasteiger partial charge >= 0.3 is 5.97 Å². The average molecular weight is 451 g/mol. The molecule has 2 aliphatic rings. The Morgan fingerprint density at radius 1 is 1.21 bits per heavy atom. The first kappa shape index (κ1) is 22.5. The second-order valence-electron chi connectivity index (χ2n) is 8.30. The van der Waals surface area contributed by atoms with E-state index in [1.165, 1.54) is 12.1 Å². The quantitative estimate of drug-likeness (QED) is 0.506. The maximum atomic E-state index is 13.5. The first-order valence-corrected chi connectivity index (χ1v) is 10.8. The fraction of sp³-hybridized carbons (Fsp3) is 0.333. The predicted octanol–water partition coefficient (Wildman–Crippen LogP) is 3.51. The zero-order chi connectivity index (χ0) is 23.5. The van der Waals surface area contributed by atoms with Crippen molar-refractivity contribution < 1.29 is 24.4 Å². The molecule has 0 aliphatic carbocycles. The number of carboxylic acid groups (broad SMARTS) is 1. The van der Waals surface area contributed by atoms with E-state index in [4.69, 9.17) is 4.74 Å². The number of carboxylic acids is 1. The molecule has 0 spiro atoms. The lowest BCUT2D eigenvalue weighted by Crippen LogP contribution is -2.51. The van der Waals surface area contributed by atoms with Gasteiger partial charge in [-0.05, 0) is 37.5 Å². The minimum absolute atomic E-state index is 0.0330. The van der Waals surface area contributed by atoms with E-state index in [-0.39, 0.29) is 28.9 Å². The smallest absolute Gasteiger partial charge is 0.335 e. The summed E-state index contributed by atoms with van der Waals surface area (Å²) in [7, 11) is 0. The molecule has 2 aliphatic heterocycles. The van der Waals surface area contributed by atoms with E-state index in [9.17, 15) is 24.8 Å². The van der Waals surface area contributed by atoms with E-state index in [0.717, 1.165) is 30.0 Å². The van der Waals surface area contributed by atoms with Crippen LogP contribution >= 0.6 is 0 Å². The molecule has 2 heterocycles. The topological polar surface area (TPSA) is 113 Å². The average Bonchev–Trinajstić information content (AvgIpc) is 3.31. The number of benzene rings is 2. The molecule has 2 aromatic rings. The summed E-state index contributed by atoms with van der Waals surface area (Å²) in [6, 6.07) is 10.8. The van der Waals surface area contributed by atoms with Gasteiger partial charge in [0.05, 0.1) is 23.1 Å². The van der Waals surface area contributed by atoms with Crippen molar-refractivity contribution in [3.63, 3.8) is 0 Å². The van der Waals surface area contributed by atoms with Gasteiger partial charge in [0.15, 0.2) is 0 Å². The van der Waals surface area contributed by atoms with Gasteiger partial charge in [0.2, 0.25) is 5.91 Å². The minimum Gasteiger partial charge on any atom is -0.478 e. The van der Waals surface area contributed by atoms with Crippen molar-refractivity contribution in [2.45, 2.75) is 38.3 Å². The standard InChI is InChI=1S/C24H25N3O6/c1-16-4-6-17(7-5-16)13-22-23(28)25(15-19-3-2-12-33-19)10-11-26(22)20-9-8-18(24(29)30)14-21(20)27(31)32/h4-11,14,19,22H,2-3,12-13,15H2,1H3,(H,29,30)/t19?,22-/m0/s1. The van der Waals surface area contributed by atoms with Gasteiger partial charge in [-0.2, -0.15) is 0 Å². The van der Waals surface area contributed by atoms with E-state index in [2.05, 4.69) is 0 Å². The predicted molar refractivity (Wildman–Crippen MR) is 121 cm³/mol. The van der Waals surface area contributed by atoms with Crippen molar-refractivity contribution >= 4 is 23.3 Å². The lowest BCUT2D eigenvalue weighted by atomic mass is 9.99. The normalized spacial score (nSPS) is 20.3. The molecule has 1 amide bonds. The summed E-state index contributed by atoms with van der Waals surface area (Å²) < 4.78 is 5.68. The third kappa shape index (κ3) is 4.88. The molecule has 33 heavy (non-hydrogen) atoms. The maximum Gasteiger partial charge on any atom is 0.335 e. The molecule has 1 fully saturated rings. The van der Waals surface area contributed by atoms with Crippen molar-refractivity contribution in [2.75, 3.05) is 18.1 Å². The number of hydrogen-bond donors (Lipinski definition) is 1. The van der Waals surface area contributed by atoms with Crippen LogP contribution < -0.4 is 4.90 Å². The molecule has 2 aromatic carbocycles. The number of ether oxygens (including phenoxy) is 1. The number of carbonyl (C=O) groups excluding carboxylic acids is 1. The van der Waals surface area contributed by atoms with Crippen LogP contribution in [0.4, 0.5) is 11.4 Å². The molecule has 0 bridgehead atoms. The first-order valence-electron chi connectivity index (χ1n) is 10.8. The van der Waals surface area contributed by atoms with E-state index < -0.39 is 16.9 Å². The Labute approximate surface area is 191 Å². The minimum atomic E-state index is -1.26. The molecule has 1 unspecified atom stereocenters. The Morgan fingerprint density at radius 3 is 2.61 bits per heavy atom. The number of nitro groups is 1. The first-order chi connectivity index (χ1) is 15.8. The van der Waals surface area contributed by atoms with Gasteiger partial charge < -0.3 is 19.6 Å². The van der Waals surface area contributed by atoms with E-state index in [1.54, 1.807) is 22.2 Å². The fourth-order valence-electron chi connectivity index (χ4n) is 4.20. The number of amides is 1. The Bertz CT molecular complexity index is 1090. The van der Waals surface area contributed by atoms with Gasteiger partial charge in [0.25, 0.3) is 5.69 Å². The van der Waals surface area contributed by atoms with Crippen LogP contribution in [0.15, 0.2) is 54.9 Å². The van der Waals surface area contributed by atoms with Gasteiger partial charge in [-0.15, -0.1) is 0 Å². The number of nitrogens with zero attached hydrogens (tertiary/aromatic N) is 3. The number of hydrogen-bond acceptors (Lipinski definition) is 6. The highest BCUT2D eigenvalue weighted by Crippen LogP contribution is 2.34. The molecule has 2 atom stereocenters. The van der Waals surface area contributed by atoms with E-state index in [1.807, 2.05) is 31.2 Å². The summed E-state index contributed by atoms with van der Waals surface area (Å²) >= 11 is 0. The third-order valence-electron chi connectivity index (χ3n) is 5.98. The number of rotatable bonds is 7. The van der Waals surface area contributed by atoms with Crippen LogP contribution in [0, 0.1) is 17.0 Å². The van der Waals surface area contributed by atoms with Crippen molar-refractivity contribution in [2.24, 2.45) is 0 Å². The summed E-state index contributed by atoms with van der Waals surface area (Å²) in [5.41, 5.74) is 1.62. The fourth-order valence-corrected chi connectivity index (χ4v) is 4.20. The van der Waals surface area contributed by atoms with Crippen molar-refractivity contribution in [1.82, 2.24) is 4.90 Å². The zero-order valence-corrected chi connectivity index (χ0v) is 18.2. The zero-order valence-electron chi connectivity index (χ0n) is 18.2. The van der Waals surface area contributed by atoms with E-state index >= 15 is 0 Å². The third-order valence-corrected chi connectivity index (χ3v) is 5.98. The Hall–Kier alpha value is -3.72. The van der Waals surface area contributed by atoms with Crippen LogP contribution in [0.1, 0.15) is 34.3 Å². The highest BCUT2D eigenvalue weighted by molar-refractivity contribution is 5.92. The molecule has 1 saturated heterocycles. The van der Waals surface area contributed by atoms with Crippen LogP contribution in [0.3, 0.4) is 0 Å². The number of aromatic carboxylic acids is 1. The molecule has 0 saturated carbocycles. The van der Waals surface area contributed by atoms with Gasteiger partial charge in [0.1, 0.15) is 11.7 Å². The van der Waals surface area contributed by atoms with E-state index in [0.29, 0.717) is 19.6 Å². The van der Waals surface area contributed by atoms with Crippen LogP contribution in [0.25, 0.3) is 0 Å². The van der Waals surface area contributed by atoms with Crippen molar-refractivity contribution in [3.05, 3.63) is 81.7 Å². The second kappa shape index (κ2) is 9.41. The lowest BCUT2D eigenvalue weighted by Gasteiger charge is -2.37. The Morgan fingerprint density at radius 2 is 1.97 bits per heavy atom. The van der Waals surface area contributed by atoms with Crippen molar-refractivity contribution in [1.29, 1.82) is 0 Å². The summed E-state index contributed by atoms with van der Waals surface area (Å²) in [6.07, 6.45) is 5.41. The number of aryl methyl sites for hydroxylation is 1. The molecule has 0 aromatic heterocycles. The maximum absolute atomic E-state index is 13.5. The monoisotopic (exact) mass is 451 g/mol. The number of nitro benzene ring substituents is 1. The summed E-state index contributed by atoms with van der Waals surface area (Å²) in [5.74, 6) is -1.45. The number of anilines is 1. The van der Waals surface area contributed by atoms with Gasteiger partial charge in [-0.25, -0.2) is 4.79 Å². The molecule has 172 valence electrons. The molecular weight excluding hydrogens is 426 g/mol. The van der Waals surface area contributed by atoms with Gasteiger partial charge in [-0.1, -0.05) is 29.8 Å². The summed E-state index contributed by atoms with van der Waals surface area (Å²) in [5, 5.41) is 21.0. The van der Waals surface area contributed by atoms with Crippen LogP contribution in [-0.4, -0.2) is 52.1 Å². The summed E-state index contributed by atoms with van der Waals surface area (Å²) in [6.45, 7) is 3.08. The van der Waals surface area contributed by atoms with Crippen LogP contribution in [-0.2, 0) is 16.0 Å². The molecule has 4 rings (SSSR count). The Kier molecular flexibility index (Phi) is 6.41. The lowest BCUT2D eigenvalue weighted by molar-refractivity contribution is -0.384. The largest absolute Gasteiger partial charge is 0.478 e. The number of carbonyl (C=O) groups is 2. The summed E-state index contributed by atoms with van der Waals surface area (Å²) in [4.78, 5) is 39.2.